The minimum Gasteiger partial charge on any atom is -0.496 e. The van der Waals surface area contributed by atoms with Crippen LogP contribution in [-0.4, -0.2) is 42.7 Å². The predicted octanol–water partition coefficient (Wildman–Crippen LogP) is 2.51. The molecule has 21 heavy (non-hydrogen) atoms. The number of urea groups is 1. The van der Waals surface area contributed by atoms with Crippen molar-refractivity contribution >= 4 is 17.7 Å². The van der Waals surface area contributed by atoms with Gasteiger partial charge in [-0.05, 0) is 30.4 Å². The summed E-state index contributed by atoms with van der Waals surface area (Å²) >= 11 is 0. The first-order valence-electron chi connectivity index (χ1n) is 6.85. The van der Waals surface area contributed by atoms with Crippen molar-refractivity contribution in [3.05, 3.63) is 23.8 Å². The predicted molar refractivity (Wildman–Crippen MR) is 78.9 cm³/mol. The number of aromatic carboxylic acids is 1. The Morgan fingerprint density at radius 1 is 1.48 bits per heavy atom. The quantitative estimate of drug-likeness (QED) is 0.874. The van der Waals surface area contributed by atoms with Crippen LogP contribution in [0.4, 0.5) is 10.5 Å². The van der Waals surface area contributed by atoms with Crippen LogP contribution in [0.2, 0.25) is 0 Å². The molecule has 2 N–H and O–H groups in total. The SMILES string of the molecule is COc1cc(NC(=O)N(C)CC2CC2C)ccc1C(=O)O. The molecule has 6 heteroatoms. The molecule has 1 aliphatic rings. The highest BCUT2D eigenvalue weighted by molar-refractivity contribution is 5.94. The van der Waals surface area contributed by atoms with Gasteiger partial charge < -0.3 is 20.1 Å². The molecule has 114 valence electrons. The molecule has 0 radical (unpaired) electrons. The van der Waals surface area contributed by atoms with Crippen molar-refractivity contribution in [2.45, 2.75) is 13.3 Å². The highest BCUT2D eigenvalue weighted by atomic mass is 16.5. The molecule has 2 rings (SSSR count). The van der Waals surface area contributed by atoms with Gasteiger partial charge >= 0.3 is 12.0 Å². The number of anilines is 1. The number of ether oxygens (including phenoxy) is 1. The van der Waals surface area contributed by atoms with Crippen LogP contribution in [0, 0.1) is 11.8 Å². The number of hydrogen-bond donors (Lipinski definition) is 2. The molecule has 0 aliphatic heterocycles. The van der Waals surface area contributed by atoms with Gasteiger partial charge in [0.1, 0.15) is 11.3 Å². The minimum absolute atomic E-state index is 0.0654. The maximum atomic E-state index is 12.1. The van der Waals surface area contributed by atoms with Crippen molar-refractivity contribution in [1.82, 2.24) is 4.90 Å². The summed E-state index contributed by atoms with van der Waals surface area (Å²) in [6, 6.07) is 4.27. The summed E-state index contributed by atoms with van der Waals surface area (Å²) in [5, 5.41) is 11.8. The second-order valence-corrected chi connectivity index (χ2v) is 5.50. The van der Waals surface area contributed by atoms with Crippen LogP contribution in [0.1, 0.15) is 23.7 Å². The standard InChI is InChI=1S/C15H20N2O4/c1-9-6-10(9)8-17(2)15(20)16-11-4-5-12(14(18)19)13(7-11)21-3/h4-5,7,9-10H,6,8H2,1-3H3,(H,16,20)(H,18,19). The van der Waals surface area contributed by atoms with Gasteiger partial charge in [0.15, 0.2) is 0 Å². The van der Waals surface area contributed by atoms with Crippen molar-refractivity contribution in [1.29, 1.82) is 0 Å². The topological polar surface area (TPSA) is 78.9 Å². The Hall–Kier alpha value is -2.24. The second-order valence-electron chi connectivity index (χ2n) is 5.50. The van der Waals surface area contributed by atoms with Crippen LogP contribution in [0.3, 0.4) is 0 Å². The summed E-state index contributed by atoms with van der Waals surface area (Å²) in [6.45, 7) is 2.91. The first-order chi connectivity index (χ1) is 9.92. The highest BCUT2D eigenvalue weighted by Gasteiger charge is 2.34. The maximum Gasteiger partial charge on any atom is 0.339 e. The van der Waals surface area contributed by atoms with E-state index in [0.717, 1.165) is 6.54 Å². The summed E-state index contributed by atoms with van der Waals surface area (Å²) in [4.78, 5) is 24.7. The molecular formula is C15H20N2O4. The summed E-state index contributed by atoms with van der Waals surface area (Å²) in [5.41, 5.74) is 0.577. The lowest BCUT2D eigenvalue weighted by molar-refractivity contribution is 0.0693. The van der Waals surface area contributed by atoms with Crippen molar-refractivity contribution in [3.8, 4) is 5.75 Å². The van der Waals surface area contributed by atoms with Crippen molar-refractivity contribution in [2.24, 2.45) is 11.8 Å². The van der Waals surface area contributed by atoms with Crippen LogP contribution in [0.15, 0.2) is 18.2 Å². The van der Waals surface area contributed by atoms with Gasteiger partial charge in [-0.15, -0.1) is 0 Å². The van der Waals surface area contributed by atoms with Gasteiger partial charge in [-0.3, -0.25) is 0 Å². The fourth-order valence-electron chi connectivity index (χ4n) is 2.25. The number of carbonyl (C=O) groups is 2. The molecule has 1 aromatic rings. The Morgan fingerprint density at radius 3 is 2.67 bits per heavy atom. The molecule has 0 heterocycles. The number of carbonyl (C=O) groups excluding carboxylic acids is 1. The average Bonchev–Trinajstić information content (AvgIpc) is 3.13. The first-order valence-corrected chi connectivity index (χ1v) is 6.85. The van der Waals surface area contributed by atoms with Crippen LogP contribution >= 0.6 is 0 Å². The van der Waals surface area contributed by atoms with Crippen LogP contribution in [-0.2, 0) is 0 Å². The van der Waals surface area contributed by atoms with Gasteiger partial charge in [-0.2, -0.15) is 0 Å². The molecule has 0 aromatic heterocycles. The molecule has 2 unspecified atom stereocenters. The van der Waals surface area contributed by atoms with Crippen LogP contribution in [0.5, 0.6) is 5.75 Å². The number of nitrogens with one attached hydrogen (secondary N) is 1. The number of nitrogens with zero attached hydrogens (tertiary/aromatic N) is 1. The van der Waals surface area contributed by atoms with E-state index in [9.17, 15) is 9.59 Å². The van der Waals surface area contributed by atoms with Gasteiger partial charge in [0.25, 0.3) is 0 Å². The molecule has 1 aromatic carbocycles. The Labute approximate surface area is 123 Å². The Morgan fingerprint density at radius 2 is 2.14 bits per heavy atom. The fraction of sp³-hybridized carbons (Fsp3) is 0.467. The molecule has 2 atom stereocenters. The van der Waals surface area contributed by atoms with E-state index in [2.05, 4.69) is 12.2 Å². The smallest absolute Gasteiger partial charge is 0.339 e. The Bertz CT molecular complexity index is 559. The number of carboxylic acids is 1. The maximum absolute atomic E-state index is 12.1. The third kappa shape index (κ3) is 3.65. The number of methoxy groups -OCH3 is 1. The van der Waals surface area contributed by atoms with Crippen molar-refractivity contribution in [2.75, 3.05) is 26.0 Å². The van der Waals surface area contributed by atoms with E-state index in [1.165, 1.54) is 25.7 Å². The van der Waals surface area contributed by atoms with E-state index in [4.69, 9.17) is 9.84 Å². The Kier molecular flexibility index (Phi) is 4.35. The first kappa shape index (κ1) is 15.2. The minimum atomic E-state index is -1.07. The van der Waals surface area contributed by atoms with Gasteiger partial charge in [0.2, 0.25) is 0 Å². The molecule has 1 saturated carbocycles. The van der Waals surface area contributed by atoms with E-state index >= 15 is 0 Å². The van der Waals surface area contributed by atoms with E-state index < -0.39 is 5.97 Å². The highest BCUT2D eigenvalue weighted by Crippen LogP contribution is 2.38. The lowest BCUT2D eigenvalue weighted by Gasteiger charge is -2.18. The summed E-state index contributed by atoms with van der Waals surface area (Å²) in [7, 11) is 3.15. The van der Waals surface area contributed by atoms with Gasteiger partial charge in [-0.25, -0.2) is 9.59 Å². The molecule has 2 amide bonds. The molecule has 1 aliphatic carbocycles. The zero-order valence-corrected chi connectivity index (χ0v) is 12.4. The molecule has 0 saturated heterocycles. The summed E-state index contributed by atoms with van der Waals surface area (Å²) < 4.78 is 5.03. The summed E-state index contributed by atoms with van der Waals surface area (Å²) in [5.74, 6) is 0.434. The third-order valence-corrected chi connectivity index (χ3v) is 3.81. The molecule has 6 nitrogen and oxygen atoms in total. The zero-order valence-electron chi connectivity index (χ0n) is 12.4. The fourth-order valence-corrected chi connectivity index (χ4v) is 2.25. The third-order valence-electron chi connectivity index (χ3n) is 3.81. The number of carboxylic acid groups (broad SMARTS) is 1. The average molecular weight is 292 g/mol. The van der Waals surface area contributed by atoms with Gasteiger partial charge in [0.05, 0.1) is 7.11 Å². The molecule has 0 spiro atoms. The van der Waals surface area contributed by atoms with Crippen molar-refractivity contribution in [3.63, 3.8) is 0 Å². The monoisotopic (exact) mass is 292 g/mol. The second kappa shape index (κ2) is 6.03. The number of amides is 2. The zero-order chi connectivity index (χ0) is 15.6. The largest absolute Gasteiger partial charge is 0.496 e. The van der Waals surface area contributed by atoms with Gasteiger partial charge in [0, 0.05) is 25.3 Å². The van der Waals surface area contributed by atoms with Crippen molar-refractivity contribution < 1.29 is 19.4 Å². The number of rotatable bonds is 5. The van der Waals surface area contributed by atoms with Gasteiger partial charge in [-0.1, -0.05) is 6.92 Å². The lowest BCUT2D eigenvalue weighted by Crippen LogP contribution is -2.33. The summed E-state index contributed by atoms with van der Waals surface area (Å²) in [6.07, 6.45) is 1.17. The lowest BCUT2D eigenvalue weighted by atomic mass is 10.2. The van der Waals surface area contributed by atoms with E-state index in [0.29, 0.717) is 17.5 Å². The normalized spacial score (nSPS) is 19.8. The van der Waals surface area contributed by atoms with E-state index in [1.54, 1.807) is 18.0 Å². The van der Waals surface area contributed by atoms with E-state index in [1.807, 2.05) is 0 Å². The van der Waals surface area contributed by atoms with Crippen LogP contribution < -0.4 is 10.1 Å². The van der Waals surface area contributed by atoms with E-state index in [-0.39, 0.29) is 17.3 Å². The molecule has 1 fully saturated rings. The number of benzene rings is 1. The Balaban J connectivity index is 2.01. The van der Waals surface area contributed by atoms with Crippen LogP contribution in [0.25, 0.3) is 0 Å². The number of hydrogen-bond acceptors (Lipinski definition) is 3. The molecule has 0 bridgehead atoms. The molecular weight excluding hydrogens is 272 g/mol.